The molecule has 0 aliphatic rings. The number of aromatic hydroxyl groups is 1. The first-order valence-corrected chi connectivity index (χ1v) is 6.75. The molecule has 20 heavy (non-hydrogen) atoms. The van der Waals surface area contributed by atoms with Crippen LogP contribution in [0.2, 0.25) is 0 Å². The molecule has 3 rings (SSSR count). The lowest BCUT2D eigenvalue weighted by atomic mass is 10.3. The zero-order valence-corrected chi connectivity index (χ0v) is 11.1. The number of para-hydroxylation sites is 1. The fourth-order valence-electron chi connectivity index (χ4n) is 1.75. The minimum Gasteiger partial charge on any atom is -0.508 e. The minimum atomic E-state index is -0.348. The Morgan fingerprint density at radius 2 is 1.90 bits per heavy atom. The van der Waals surface area contributed by atoms with Crippen molar-refractivity contribution in [3.05, 3.63) is 48.5 Å². The second-order valence-corrected chi connectivity index (χ2v) is 5.15. The summed E-state index contributed by atoms with van der Waals surface area (Å²) < 4.78 is 0.819. The van der Waals surface area contributed by atoms with Crippen LogP contribution in [0.25, 0.3) is 10.2 Å². The molecule has 0 aliphatic carbocycles. The Balaban J connectivity index is 1.74. The van der Waals surface area contributed by atoms with E-state index in [-0.39, 0.29) is 11.8 Å². The molecule has 1 aromatic heterocycles. The molecule has 2 amide bonds. The van der Waals surface area contributed by atoms with E-state index in [0.29, 0.717) is 10.8 Å². The van der Waals surface area contributed by atoms with Crippen molar-refractivity contribution in [2.24, 2.45) is 0 Å². The predicted octanol–water partition coefficient (Wildman–Crippen LogP) is 3.65. The number of fused-ring (bicyclic) bond motifs is 1. The van der Waals surface area contributed by atoms with Crippen molar-refractivity contribution >= 4 is 38.4 Å². The zero-order valence-electron chi connectivity index (χ0n) is 10.3. The van der Waals surface area contributed by atoms with E-state index in [1.54, 1.807) is 30.3 Å². The lowest BCUT2D eigenvalue weighted by Crippen LogP contribution is -2.19. The number of phenolic OH excluding ortho intramolecular Hbond substituents is 1. The summed E-state index contributed by atoms with van der Waals surface area (Å²) in [5.41, 5.74) is 1.45. The van der Waals surface area contributed by atoms with Gasteiger partial charge in [-0.25, -0.2) is 9.78 Å². The van der Waals surface area contributed by atoms with E-state index in [1.165, 1.54) is 11.3 Å². The van der Waals surface area contributed by atoms with Crippen LogP contribution in [0, 0.1) is 0 Å². The van der Waals surface area contributed by atoms with E-state index >= 15 is 0 Å². The second kappa shape index (κ2) is 5.18. The highest BCUT2D eigenvalue weighted by Crippen LogP contribution is 2.28. The van der Waals surface area contributed by atoms with Crippen molar-refractivity contribution in [1.82, 2.24) is 4.98 Å². The van der Waals surface area contributed by atoms with Gasteiger partial charge in [0.2, 0.25) is 0 Å². The molecule has 3 N–H and O–H groups in total. The summed E-state index contributed by atoms with van der Waals surface area (Å²) in [5, 5.41) is 15.3. The molecular formula is C14H11N3O2S. The number of thiazole rings is 1. The molecule has 0 atom stereocenters. The third-order valence-electron chi connectivity index (χ3n) is 2.62. The smallest absolute Gasteiger partial charge is 0.325 e. The summed E-state index contributed by atoms with van der Waals surface area (Å²) in [6.45, 7) is 0. The van der Waals surface area contributed by atoms with E-state index < -0.39 is 0 Å². The Hall–Kier alpha value is -2.60. The molecule has 5 nitrogen and oxygen atoms in total. The molecule has 0 unspecified atom stereocenters. The van der Waals surface area contributed by atoms with Gasteiger partial charge in [0.25, 0.3) is 0 Å². The molecule has 0 spiro atoms. The van der Waals surface area contributed by atoms with Crippen molar-refractivity contribution in [3.8, 4) is 5.75 Å². The number of carbonyl (C=O) groups is 1. The van der Waals surface area contributed by atoms with Gasteiger partial charge in [0.15, 0.2) is 5.13 Å². The van der Waals surface area contributed by atoms with Crippen LogP contribution in [-0.4, -0.2) is 16.1 Å². The van der Waals surface area contributed by atoms with Crippen LogP contribution in [0.3, 0.4) is 0 Å². The summed E-state index contributed by atoms with van der Waals surface area (Å²) in [7, 11) is 0. The Morgan fingerprint density at radius 3 is 2.70 bits per heavy atom. The number of nitrogens with zero attached hydrogens (tertiary/aromatic N) is 1. The molecule has 0 fully saturated rings. The van der Waals surface area contributed by atoms with Gasteiger partial charge in [-0.15, -0.1) is 0 Å². The van der Waals surface area contributed by atoms with Gasteiger partial charge in [0.05, 0.1) is 10.2 Å². The third kappa shape index (κ3) is 2.70. The van der Waals surface area contributed by atoms with Crippen molar-refractivity contribution < 1.29 is 9.90 Å². The fraction of sp³-hybridized carbons (Fsp3) is 0. The minimum absolute atomic E-state index is 0.182. The summed E-state index contributed by atoms with van der Waals surface area (Å²) >= 11 is 1.31. The number of nitrogens with one attached hydrogen (secondary N) is 2. The lowest BCUT2D eigenvalue weighted by molar-refractivity contribution is 0.262. The van der Waals surface area contributed by atoms with Gasteiger partial charge in [0.1, 0.15) is 5.75 Å². The maximum Gasteiger partial charge on any atom is 0.325 e. The highest BCUT2D eigenvalue weighted by Gasteiger charge is 2.08. The van der Waals surface area contributed by atoms with E-state index in [9.17, 15) is 9.90 Å². The number of rotatable bonds is 2. The first-order chi connectivity index (χ1) is 9.70. The monoisotopic (exact) mass is 285 g/mol. The first kappa shape index (κ1) is 12.4. The summed E-state index contributed by atoms with van der Waals surface area (Å²) in [6.07, 6.45) is 0. The van der Waals surface area contributed by atoms with Gasteiger partial charge >= 0.3 is 6.03 Å². The third-order valence-corrected chi connectivity index (χ3v) is 3.56. The van der Waals surface area contributed by atoms with Crippen LogP contribution in [0.5, 0.6) is 5.75 Å². The molecule has 0 radical (unpaired) electrons. The predicted molar refractivity (Wildman–Crippen MR) is 80.4 cm³/mol. The van der Waals surface area contributed by atoms with Crippen LogP contribution < -0.4 is 10.6 Å². The Morgan fingerprint density at radius 1 is 1.10 bits per heavy atom. The van der Waals surface area contributed by atoms with Crippen LogP contribution in [0.1, 0.15) is 0 Å². The van der Waals surface area contributed by atoms with Crippen molar-refractivity contribution in [2.45, 2.75) is 0 Å². The molecule has 0 saturated heterocycles. The van der Waals surface area contributed by atoms with E-state index in [4.69, 9.17) is 0 Å². The van der Waals surface area contributed by atoms with Gasteiger partial charge in [0, 0.05) is 5.69 Å². The quantitative estimate of drug-likeness (QED) is 0.673. The molecule has 2 aromatic carbocycles. The SMILES string of the molecule is O=C(Nc1ccccc1)Nc1nc2ccc(O)cc2s1. The normalized spacial score (nSPS) is 10.4. The summed E-state index contributed by atoms with van der Waals surface area (Å²) in [6, 6.07) is 13.7. The highest BCUT2D eigenvalue weighted by atomic mass is 32.1. The van der Waals surface area contributed by atoms with Crippen LogP contribution in [0.4, 0.5) is 15.6 Å². The number of anilines is 2. The highest BCUT2D eigenvalue weighted by molar-refractivity contribution is 7.22. The fourth-order valence-corrected chi connectivity index (χ4v) is 2.64. The van der Waals surface area contributed by atoms with E-state index in [0.717, 1.165) is 10.2 Å². The Bertz CT molecular complexity index is 755. The molecule has 0 aliphatic heterocycles. The van der Waals surface area contributed by atoms with Gasteiger partial charge in [-0.1, -0.05) is 29.5 Å². The first-order valence-electron chi connectivity index (χ1n) is 5.93. The summed E-state index contributed by atoms with van der Waals surface area (Å²) in [5.74, 6) is 0.182. The molecule has 1 heterocycles. The number of phenols is 1. The maximum absolute atomic E-state index is 11.8. The number of aromatic nitrogens is 1. The number of urea groups is 1. The van der Waals surface area contributed by atoms with Gasteiger partial charge in [-0.05, 0) is 30.3 Å². The van der Waals surface area contributed by atoms with E-state index in [1.807, 2.05) is 18.2 Å². The standard InChI is InChI=1S/C14H11N3O2S/c18-10-6-7-11-12(8-10)20-14(16-11)17-13(19)15-9-4-2-1-3-5-9/h1-8,18H,(H2,15,16,17,19). The molecule has 3 aromatic rings. The van der Waals surface area contributed by atoms with Gasteiger partial charge in [-0.2, -0.15) is 0 Å². The van der Waals surface area contributed by atoms with Gasteiger partial charge in [-0.3, -0.25) is 5.32 Å². The van der Waals surface area contributed by atoms with Crippen molar-refractivity contribution in [2.75, 3.05) is 10.6 Å². The lowest BCUT2D eigenvalue weighted by Gasteiger charge is -2.04. The molecular weight excluding hydrogens is 274 g/mol. The zero-order chi connectivity index (χ0) is 13.9. The van der Waals surface area contributed by atoms with Crippen LogP contribution in [0.15, 0.2) is 48.5 Å². The topological polar surface area (TPSA) is 74.2 Å². The molecule has 0 saturated carbocycles. The number of hydrogen-bond acceptors (Lipinski definition) is 4. The number of carbonyl (C=O) groups excluding carboxylic acids is 1. The van der Waals surface area contributed by atoms with Crippen molar-refractivity contribution in [3.63, 3.8) is 0 Å². The average Bonchev–Trinajstić information content (AvgIpc) is 2.80. The average molecular weight is 285 g/mol. The maximum atomic E-state index is 11.8. The van der Waals surface area contributed by atoms with E-state index in [2.05, 4.69) is 15.6 Å². The van der Waals surface area contributed by atoms with Crippen LogP contribution >= 0.6 is 11.3 Å². The number of amides is 2. The number of hydrogen-bond donors (Lipinski definition) is 3. The molecule has 100 valence electrons. The Kier molecular flexibility index (Phi) is 3.22. The molecule has 0 bridgehead atoms. The number of benzene rings is 2. The largest absolute Gasteiger partial charge is 0.508 e. The van der Waals surface area contributed by atoms with Crippen molar-refractivity contribution in [1.29, 1.82) is 0 Å². The van der Waals surface area contributed by atoms with Crippen LogP contribution in [-0.2, 0) is 0 Å². The van der Waals surface area contributed by atoms with Gasteiger partial charge < -0.3 is 10.4 Å². The summed E-state index contributed by atoms with van der Waals surface area (Å²) in [4.78, 5) is 16.1. The second-order valence-electron chi connectivity index (χ2n) is 4.12. The Labute approximate surface area is 118 Å². The molecule has 6 heteroatoms.